The van der Waals surface area contributed by atoms with E-state index in [0.717, 1.165) is 21.8 Å². The molecule has 1 aliphatic rings. The summed E-state index contributed by atoms with van der Waals surface area (Å²) in [6, 6.07) is 1.63. The van der Waals surface area contributed by atoms with Gasteiger partial charge in [0.2, 0.25) is 0 Å². The van der Waals surface area contributed by atoms with Gasteiger partial charge in [-0.05, 0) is 59.6 Å². The van der Waals surface area contributed by atoms with Crippen LogP contribution in [0.2, 0.25) is 0 Å². The molecule has 5 heteroatoms. The van der Waals surface area contributed by atoms with E-state index in [-0.39, 0.29) is 12.0 Å². The normalized spacial score (nSPS) is 16.8. The number of hydrogen-bond acceptors (Lipinski definition) is 4. The van der Waals surface area contributed by atoms with Crippen LogP contribution in [0.3, 0.4) is 0 Å². The van der Waals surface area contributed by atoms with Crippen molar-refractivity contribution in [2.24, 2.45) is 5.92 Å². The van der Waals surface area contributed by atoms with E-state index in [1.165, 1.54) is 12.8 Å². The number of halogens is 1. The second-order valence-electron chi connectivity index (χ2n) is 4.17. The van der Waals surface area contributed by atoms with Crippen molar-refractivity contribution >= 4 is 33.2 Å². The number of hydrogen-bond donors (Lipinski definition) is 1. The van der Waals surface area contributed by atoms with E-state index in [9.17, 15) is 4.79 Å². The Morgan fingerprint density at radius 3 is 3.00 bits per heavy atom. The average Bonchev–Trinajstić information content (AvgIpc) is 3.03. The summed E-state index contributed by atoms with van der Waals surface area (Å²) >= 11 is 5.05. The van der Waals surface area contributed by atoms with E-state index >= 15 is 0 Å². The van der Waals surface area contributed by atoms with Gasteiger partial charge < -0.3 is 4.74 Å². The second-order valence-corrected chi connectivity index (χ2v) is 5.97. The van der Waals surface area contributed by atoms with Gasteiger partial charge >= 0.3 is 5.97 Å². The van der Waals surface area contributed by atoms with Crippen molar-refractivity contribution in [1.82, 2.24) is 5.32 Å². The zero-order valence-electron chi connectivity index (χ0n) is 9.74. The predicted octanol–water partition coefficient (Wildman–Crippen LogP) is 3.11. The van der Waals surface area contributed by atoms with Gasteiger partial charge in [-0.25, -0.2) is 4.79 Å². The molecule has 2 rings (SSSR count). The summed E-state index contributed by atoms with van der Waals surface area (Å²) in [4.78, 5) is 12.9. The first kappa shape index (κ1) is 13.1. The lowest BCUT2D eigenvalue weighted by atomic mass is 10.2. The van der Waals surface area contributed by atoms with Gasteiger partial charge in [0.1, 0.15) is 6.04 Å². The van der Waals surface area contributed by atoms with E-state index in [2.05, 4.69) is 21.2 Å². The van der Waals surface area contributed by atoms with Crippen LogP contribution in [-0.4, -0.2) is 19.1 Å². The molecule has 1 atom stereocenters. The van der Waals surface area contributed by atoms with Crippen molar-refractivity contribution < 1.29 is 9.53 Å². The third-order valence-corrected chi connectivity index (χ3v) is 4.67. The number of carbonyl (C=O) groups excluding carboxylic acids is 1. The van der Waals surface area contributed by atoms with Gasteiger partial charge in [-0.1, -0.05) is 0 Å². The molecule has 1 unspecified atom stereocenters. The quantitative estimate of drug-likeness (QED) is 0.819. The molecule has 1 aromatic heterocycles. The third kappa shape index (κ3) is 3.53. The molecule has 0 amide bonds. The molecule has 3 nitrogen and oxygen atoms in total. The number of esters is 1. The Bertz CT molecular complexity index is 390. The van der Waals surface area contributed by atoms with Crippen LogP contribution in [0.5, 0.6) is 0 Å². The molecule has 1 aliphatic carbocycles. The summed E-state index contributed by atoms with van der Waals surface area (Å²) in [6.45, 7) is 3.15. The molecule has 1 N–H and O–H groups in total. The van der Waals surface area contributed by atoms with Gasteiger partial charge in [-0.15, -0.1) is 11.3 Å². The molecule has 0 spiro atoms. The molecule has 0 radical (unpaired) electrons. The molecule has 0 aromatic carbocycles. The van der Waals surface area contributed by atoms with Crippen molar-refractivity contribution in [2.45, 2.75) is 25.8 Å². The lowest BCUT2D eigenvalue weighted by Gasteiger charge is -2.16. The van der Waals surface area contributed by atoms with E-state index in [1.807, 2.05) is 18.4 Å². The van der Waals surface area contributed by atoms with Crippen LogP contribution in [0.15, 0.2) is 15.9 Å². The molecule has 94 valence electrons. The maximum atomic E-state index is 11.9. The van der Waals surface area contributed by atoms with Gasteiger partial charge in [0, 0.05) is 9.35 Å². The Hall–Kier alpha value is -0.390. The van der Waals surface area contributed by atoms with Crippen LogP contribution in [-0.2, 0) is 9.53 Å². The largest absolute Gasteiger partial charge is 0.465 e. The molecule has 17 heavy (non-hydrogen) atoms. The average molecular weight is 318 g/mol. The van der Waals surface area contributed by atoms with Crippen LogP contribution in [0, 0.1) is 5.92 Å². The first-order valence-corrected chi connectivity index (χ1v) is 7.52. The first-order chi connectivity index (χ1) is 8.22. The predicted molar refractivity (Wildman–Crippen MR) is 72.1 cm³/mol. The fourth-order valence-electron chi connectivity index (χ4n) is 1.63. The Morgan fingerprint density at radius 1 is 1.71 bits per heavy atom. The smallest absolute Gasteiger partial charge is 0.328 e. The zero-order valence-corrected chi connectivity index (χ0v) is 12.1. The highest BCUT2D eigenvalue weighted by atomic mass is 79.9. The number of ether oxygens (including phenoxy) is 1. The number of carbonyl (C=O) groups is 1. The Balaban J connectivity index is 2.05. The summed E-state index contributed by atoms with van der Waals surface area (Å²) in [5.74, 6) is 0.557. The van der Waals surface area contributed by atoms with Gasteiger partial charge in [-0.2, -0.15) is 0 Å². The van der Waals surface area contributed by atoms with E-state index in [1.54, 1.807) is 11.3 Å². The summed E-state index contributed by atoms with van der Waals surface area (Å²) in [5.41, 5.74) is 0. The van der Waals surface area contributed by atoms with Gasteiger partial charge in [0.25, 0.3) is 0 Å². The summed E-state index contributed by atoms with van der Waals surface area (Å²) in [7, 11) is 0. The van der Waals surface area contributed by atoms with Crippen LogP contribution in [0.25, 0.3) is 0 Å². The molecule has 0 bridgehead atoms. The highest BCUT2D eigenvalue weighted by Gasteiger charge is 2.28. The molecule has 1 aromatic rings. The molecule has 1 heterocycles. The van der Waals surface area contributed by atoms with Crippen LogP contribution in [0.4, 0.5) is 0 Å². The van der Waals surface area contributed by atoms with Crippen molar-refractivity contribution in [3.05, 3.63) is 20.8 Å². The van der Waals surface area contributed by atoms with Gasteiger partial charge in [0.15, 0.2) is 0 Å². The Morgan fingerprint density at radius 2 is 2.47 bits per heavy atom. The summed E-state index contributed by atoms with van der Waals surface area (Å²) < 4.78 is 6.10. The van der Waals surface area contributed by atoms with Crippen molar-refractivity contribution in [1.29, 1.82) is 0 Å². The number of thiophene rings is 1. The summed E-state index contributed by atoms with van der Waals surface area (Å²) in [6.07, 6.45) is 2.54. The summed E-state index contributed by atoms with van der Waals surface area (Å²) in [5, 5.41) is 5.29. The molecular weight excluding hydrogens is 302 g/mol. The van der Waals surface area contributed by atoms with Gasteiger partial charge in [0.05, 0.1) is 6.61 Å². The van der Waals surface area contributed by atoms with Crippen LogP contribution >= 0.6 is 27.3 Å². The Kier molecular flexibility index (Phi) is 4.59. The molecular formula is C12H16BrNO2S. The standard InChI is InChI=1S/C12H16BrNO2S/c1-2-16-12(15)10(14-7-8-3-4-8)11-9(13)5-6-17-11/h5-6,8,10,14H,2-4,7H2,1H3. The minimum Gasteiger partial charge on any atom is -0.465 e. The van der Waals surface area contributed by atoms with Crippen molar-refractivity contribution in [3.8, 4) is 0 Å². The van der Waals surface area contributed by atoms with Crippen molar-refractivity contribution in [3.63, 3.8) is 0 Å². The zero-order chi connectivity index (χ0) is 12.3. The lowest BCUT2D eigenvalue weighted by molar-refractivity contribution is -0.145. The number of rotatable bonds is 6. The minimum absolute atomic E-state index is 0.184. The van der Waals surface area contributed by atoms with E-state index in [4.69, 9.17) is 4.74 Å². The maximum absolute atomic E-state index is 11.9. The van der Waals surface area contributed by atoms with Crippen LogP contribution < -0.4 is 5.32 Å². The van der Waals surface area contributed by atoms with E-state index in [0.29, 0.717) is 6.61 Å². The molecule has 1 fully saturated rings. The fraction of sp³-hybridized carbons (Fsp3) is 0.583. The monoisotopic (exact) mass is 317 g/mol. The lowest BCUT2D eigenvalue weighted by Crippen LogP contribution is -2.31. The maximum Gasteiger partial charge on any atom is 0.328 e. The minimum atomic E-state index is -0.329. The van der Waals surface area contributed by atoms with Gasteiger partial charge in [-0.3, -0.25) is 5.32 Å². The highest BCUT2D eigenvalue weighted by Crippen LogP contribution is 2.32. The third-order valence-electron chi connectivity index (χ3n) is 2.74. The van der Waals surface area contributed by atoms with Crippen LogP contribution in [0.1, 0.15) is 30.7 Å². The number of nitrogens with one attached hydrogen (secondary N) is 1. The molecule has 0 aliphatic heterocycles. The van der Waals surface area contributed by atoms with E-state index < -0.39 is 0 Å². The van der Waals surface area contributed by atoms with Crippen molar-refractivity contribution in [2.75, 3.05) is 13.2 Å². The Labute approximate surface area is 114 Å². The fourth-order valence-corrected chi connectivity index (χ4v) is 3.29. The first-order valence-electron chi connectivity index (χ1n) is 5.85. The second kappa shape index (κ2) is 5.98. The highest BCUT2D eigenvalue weighted by molar-refractivity contribution is 9.10. The molecule has 1 saturated carbocycles. The SMILES string of the molecule is CCOC(=O)C(NCC1CC1)c1sccc1Br. The molecule has 0 saturated heterocycles. The topological polar surface area (TPSA) is 38.3 Å².